The number of rotatable bonds is 7. The van der Waals surface area contributed by atoms with Crippen molar-refractivity contribution < 1.29 is 28.7 Å². The molecule has 0 radical (unpaired) electrons. The second-order valence-electron chi connectivity index (χ2n) is 6.79. The van der Waals surface area contributed by atoms with Crippen LogP contribution in [-0.2, 0) is 23.9 Å². The number of carbonyl (C=O) groups is 4. The highest BCUT2D eigenvalue weighted by Gasteiger charge is 2.36. The molecule has 0 spiro atoms. The van der Waals surface area contributed by atoms with Crippen LogP contribution in [0.15, 0.2) is 18.2 Å². The molecule has 1 saturated heterocycles. The smallest absolute Gasteiger partial charge is 0.311 e. The van der Waals surface area contributed by atoms with E-state index in [9.17, 15) is 19.2 Å². The van der Waals surface area contributed by atoms with Crippen molar-refractivity contribution in [3.05, 3.63) is 18.2 Å². The van der Waals surface area contributed by atoms with Gasteiger partial charge >= 0.3 is 5.97 Å². The van der Waals surface area contributed by atoms with E-state index in [2.05, 4.69) is 10.6 Å². The minimum atomic E-state index is -0.578. The highest BCUT2D eigenvalue weighted by atomic mass is 16.5. The van der Waals surface area contributed by atoms with Crippen LogP contribution >= 0.6 is 0 Å². The van der Waals surface area contributed by atoms with Crippen molar-refractivity contribution in [1.82, 2.24) is 4.90 Å². The van der Waals surface area contributed by atoms with E-state index in [0.717, 1.165) is 0 Å². The lowest BCUT2D eigenvalue weighted by Crippen LogP contribution is -2.33. The molecule has 9 heteroatoms. The number of ether oxygens (including phenoxy) is 2. The summed E-state index contributed by atoms with van der Waals surface area (Å²) in [5.41, 5.74) is 0.815. The Morgan fingerprint density at radius 2 is 1.96 bits per heavy atom. The van der Waals surface area contributed by atoms with Gasteiger partial charge in [0.15, 0.2) is 6.61 Å². The summed E-state index contributed by atoms with van der Waals surface area (Å²) in [5.74, 6) is -1.66. The van der Waals surface area contributed by atoms with Crippen LogP contribution in [0.2, 0.25) is 0 Å². The molecule has 1 heterocycles. The van der Waals surface area contributed by atoms with Crippen molar-refractivity contribution in [2.45, 2.75) is 33.2 Å². The Morgan fingerprint density at radius 1 is 1.25 bits per heavy atom. The lowest BCUT2D eigenvalue weighted by molar-refractivity contribution is -0.151. The van der Waals surface area contributed by atoms with E-state index in [-0.39, 0.29) is 24.3 Å². The van der Waals surface area contributed by atoms with Crippen molar-refractivity contribution in [2.24, 2.45) is 5.92 Å². The molecule has 1 unspecified atom stereocenters. The molecule has 0 aromatic heterocycles. The minimum absolute atomic E-state index is 0.0111. The first-order valence-electron chi connectivity index (χ1n) is 8.92. The molecule has 1 fully saturated rings. The third-order valence-electron chi connectivity index (χ3n) is 4.25. The third-order valence-corrected chi connectivity index (χ3v) is 4.25. The summed E-state index contributed by atoms with van der Waals surface area (Å²) in [4.78, 5) is 49.0. The van der Waals surface area contributed by atoms with Gasteiger partial charge in [-0.3, -0.25) is 19.2 Å². The fraction of sp³-hybridized carbons (Fsp3) is 0.474. The first-order chi connectivity index (χ1) is 13.2. The Hall–Kier alpha value is -3.10. The highest BCUT2D eigenvalue weighted by Crippen LogP contribution is 2.28. The topological polar surface area (TPSA) is 114 Å². The van der Waals surface area contributed by atoms with E-state index in [1.807, 2.05) is 13.8 Å². The first kappa shape index (κ1) is 21.2. The zero-order valence-electron chi connectivity index (χ0n) is 16.4. The molecule has 1 aliphatic rings. The first-order valence-corrected chi connectivity index (χ1v) is 8.92. The number of hydrogen-bond acceptors (Lipinski definition) is 6. The van der Waals surface area contributed by atoms with Gasteiger partial charge in [0, 0.05) is 31.6 Å². The van der Waals surface area contributed by atoms with Crippen LogP contribution < -0.4 is 15.4 Å². The van der Waals surface area contributed by atoms with Crippen LogP contribution in [0.5, 0.6) is 5.75 Å². The molecular weight excluding hydrogens is 366 g/mol. The summed E-state index contributed by atoms with van der Waals surface area (Å²) in [6, 6.07) is 4.78. The Balaban J connectivity index is 1.93. The maximum atomic E-state index is 12.2. The molecule has 9 nitrogen and oxygen atoms in total. The molecule has 0 bridgehead atoms. The van der Waals surface area contributed by atoms with Gasteiger partial charge in [-0.15, -0.1) is 0 Å². The molecule has 0 aliphatic carbocycles. The van der Waals surface area contributed by atoms with Crippen LogP contribution in [0.4, 0.5) is 11.4 Å². The lowest BCUT2D eigenvalue weighted by atomic mass is 10.1. The number of anilines is 2. The maximum Gasteiger partial charge on any atom is 0.311 e. The van der Waals surface area contributed by atoms with Crippen LogP contribution in [0.3, 0.4) is 0 Å². The zero-order valence-corrected chi connectivity index (χ0v) is 16.4. The van der Waals surface area contributed by atoms with Gasteiger partial charge in [-0.25, -0.2) is 0 Å². The molecule has 3 amide bonds. The molecule has 28 heavy (non-hydrogen) atoms. The normalized spacial score (nSPS) is 16.1. The quantitative estimate of drug-likeness (QED) is 0.679. The van der Waals surface area contributed by atoms with E-state index in [4.69, 9.17) is 9.47 Å². The molecule has 1 atom stereocenters. The Kier molecular flexibility index (Phi) is 6.97. The van der Waals surface area contributed by atoms with Gasteiger partial charge in [0.05, 0.1) is 18.7 Å². The van der Waals surface area contributed by atoms with Crippen LogP contribution in [0.25, 0.3) is 0 Å². The Morgan fingerprint density at radius 3 is 2.54 bits per heavy atom. The molecule has 2 N–H and O–H groups in total. The lowest BCUT2D eigenvalue weighted by Gasteiger charge is -2.20. The van der Waals surface area contributed by atoms with Crippen molar-refractivity contribution in [3.63, 3.8) is 0 Å². The summed E-state index contributed by atoms with van der Waals surface area (Å²) in [6.07, 6.45) is 0.0885. The summed E-state index contributed by atoms with van der Waals surface area (Å²) >= 11 is 0. The maximum absolute atomic E-state index is 12.2. The largest absolute Gasteiger partial charge is 0.495 e. The average molecular weight is 391 g/mol. The van der Waals surface area contributed by atoms with Crippen molar-refractivity contribution in [2.75, 3.05) is 30.9 Å². The second-order valence-corrected chi connectivity index (χ2v) is 6.79. The zero-order chi connectivity index (χ0) is 20.8. The SMILES string of the molecule is COc1ccc(NC(C)=O)cc1NC(=O)COC(=O)C1CC(=O)N(C(C)C)C1. The second kappa shape index (κ2) is 9.20. The van der Waals surface area contributed by atoms with Gasteiger partial charge in [0.2, 0.25) is 11.8 Å². The molecular formula is C19H25N3O6. The number of methoxy groups -OCH3 is 1. The van der Waals surface area contributed by atoms with Crippen LogP contribution in [-0.4, -0.2) is 54.9 Å². The van der Waals surface area contributed by atoms with Gasteiger partial charge in [-0.05, 0) is 32.0 Å². The fourth-order valence-corrected chi connectivity index (χ4v) is 2.92. The predicted molar refractivity (Wildman–Crippen MR) is 102 cm³/mol. The predicted octanol–water partition coefficient (Wildman–Crippen LogP) is 1.39. The van der Waals surface area contributed by atoms with E-state index in [1.54, 1.807) is 17.0 Å². The molecule has 0 saturated carbocycles. The van der Waals surface area contributed by atoms with Gasteiger partial charge in [0.1, 0.15) is 5.75 Å². The Bertz CT molecular complexity index is 777. The highest BCUT2D eigenvalue weighted by molar-refractivity contribution is 5.96. The Labute approximate surface area is 163 Å². The molecule has 1 aliphatic heterocycles. The number of likely N-dealkylation sites (tertiary alicyclic amines) is 1. The van der Waals surface area contributed by atoms with E-state index >= 15 is 0 Å². The van der Waals surface area contributed by atoms with Gasteiger partial charge in [-0.2, -0.15) is 0 Å². The molecule has 2 rings (SSSR count). The number of hydrogen-bond donors (Lipinski definition) is 2. The number of nitrogens with one attached hydrogen (secondary N) is 2. The number of carbonyl (C=O) groups excluding carboxylic acids is 4. The monoisotopic (exact) mass is 391 g/mol. The van der Waals surface area contributed by atoms with Gasteiger partial charge in [0.25, 0.3) is 5.91 Å². The van der Waals surface area contributed by atoms with Crippen LogP contribution in [0.1, 0.15) is 27.2 Å². The van der Waals surface area contributed by atoms with Crippen molar-refractivity contribution in [1.29, 1.82) is 0 Å². The number of esters is 1. The molecule has 1 aromatic carbocycles. The van der Waals surface area contributed by atoms with Gasteiger partial charge < -0.3 is 25.0 Å². The van der Waals surface area contributed by atoms with Crippen LogP contribution in [0, 0.1) is 5.92 Å². The number of nitrogens with zero attached hydrogens (tertiary/aromatic N) is 1. The standard InChI is InChI=1S/C19H25N3O6/c1-11(2)22-9-13(7-18(22)25)19(26)28-10-17(24)21-15-8-14(20-12(3)23)5-6-16(15)27-4/h5-6,8,11,13H,7,9-10H2,1-4H3,(H,20,23)(H,21,24). The summed E-state index contributed by atoms with van der Waals surface area (Å²) in [5, 5.41) is 5.19. The van der Waals surface area contributed by atoms with E-state index < -0.39 is 24.4 Å². The van der Waals surface area contributed by atoms with Crippen molar-refractivity contribution >= 4 is 35.1 Å². The van der Waals surface area contributed by atoms with Gasteiger partial charge in [-0.1, -0.05) is 0 Å². The number of amides is 3. The summed E-state index contributed by atoms with van der Waals surface area (Å²) in [7, 11) is 1.45. The molecule has 1 aromatic rings. The number of benzene rings is 1. The van der Waals surface area contributed by atoms with Crippen molar-refractivity contribution in [3.8, 4) is 5.75 Å². The fourth-order valence-electron chi connectivity index (χ4n) is 2.92. The van der Waals surface area contributed by atoms with E-state index in [0.29, 0.717) is 23.7 Å². The summed E-state index contributed by atoms with van der Waals surface area (Å²) < 4.78 is 10.2. The van der Waals surface area contributed by atoms with E-state index in [1.165, 1.54) is 20.1 Å². The minimum Gasteiger partial charge on any atom is -0.495 e. The summed E-state index contributed by atoms with van der Waals surface area (Å²) in [6.45, 7) is 4.93. The molecule has 152 valence electrons. The average Bonchev–Trinajstić information content (AvgIpc) is 3.01. The third kappa shape index (κ3) is 5.45.